The van der Waals surface area contributed by atoms with Gasteiger partial charge in [0.15, 0.2) is 5.78 Å². The van der Waals surface area contributed by atoms with Crippen molar-refractivity contribution < 1.29 is 24.2 Å². The summed E-state index contributed by atoms with van der Waals surface area (Å²) in [5.41, 5.74) is 10.3. The Hall–Kier alpha value is -1.32. The van der Waals surface area contributed by atoms with Crippen LogP contribution in [0.15, 0.2) is 12.2 Å². The molecule has 0 saturated heterocycles. The molecule has 0 aliphatic carbocycles. The van der Waals surface area contributed by atoms with Gasteiger partial charge in [-0.2, -0.15) is 0 Å². The van der Waals surface area contributed by atoms with Crippen LogP contribution in [0.3, 0.4) is 0 Å². The highest BCUT2D eigenvalue weighted by Gasteiger charge is 2.20. The normalized spacial score (nSPS) is 12.5. The monoisotopic (exact) mass is 541 g/mol. The van der Waals surface area contributed by atoms with E-state index >= 15 is 0 Å². The van der Waals surface area contributed by atoms with Crippen molar-refractivity contribution in [3.05, 3.63) is 12.2 Å². The van der Waals surface area contributed by atoms with E-state index in [0.29, 0.717) is 45.7 Å². The van der Waals surface area contributed by atoms with Crippen LogP contribution in [-0.4, -0.2) is 72.5 Å². The van der Waals surface area contributed by atoms with Crippen LogP contribution in [0.2, 0.25) is 0 Å². The smallest absolute Gasteiger partial charge is 0.305 e. The van der Waals surface area contributed by atoms with Gasteiger partial charge in [0.2, 0.25) is 0 Å². The van der Waals surface area contributed by atoms with E-state index in [4.69, 9.17) is 20.9 Å². The van der Waals surface area contributed by atoms with Gasteiger partial charge in [-0.15, -0.1) is 0 Å². The molecule has 0 aromatic heterocycles. The first kappa shape index (κ1) is 36.7. The molecule has 0 atom stereocenters. The van der Waals surface area contributed by atoms with E-state index in [-0.39, 0.29) is 18.4 Å². The molecule has 38 heavy (non-hydrogen) atoms. The van der Waals surface area contributed by atoms with Crippen LogP contribution in [0.25, 0.3) is 0 Å². The molecule has 0 bridgehead atoms. The van der Waals surface area contributed by atoms with E-state index in [2.05, 4.69) is 12.2 Å². The molecular weight excluding hydrogens is 482 g/mol. The van der Waals surface area contributed by atoms with Crippen LogP contribution in [0.4, 0.5) is 0 Å². The highest BCUT2D eigenvalue weighted by Crippen LogP contribution is 2.12. The minimum Gasteiger partial charge on any atom is -0.464 e. The Labute approximate surface area is 232 Å². The SMILES string of the molecule is CC(C)(N)OCCN(CCO)CCOC(=O)CCCCCCC/C=C/CCCCCCCC(=O)C(C)(C)N. The number of aliphatic hydroxyl groups is 1. The zero-order chi connectivity index (χ0) is 28.7. The van der Waals surface area contributed by atoms with Crippen molar-refractivity contribution in [2.24, 2.45) is 11.5 Å². The number of aliphatic hydroxyl groups excluding tert-OH is 1. The summed E-state index contributed by atoms with van der Waals surface area (Å²) in [5.74, 6) is 0.0102. The van der Waals surface area contributed by atoms with Gasteiger partial charge in [0.05, 0.1) is 18.8 Å². The Morgan fingerprint density at radius 3 is 1.76 bits per heavy atom. The van der Waals surface area contributed by atoms with Gasteiger partial charge in [0.1, 0.15) is 12.3 Å². The van der Waals surface area contributed by atoms with Crippen molar-refractivity contribution in [3.8, 4) is 0 Å². The van der Waals surface area contributed by atoms with Crippen LogP contribution in [0.1, 0.15) is 118 Å². The molecule has 0 rings (SSSR count). The molecule has 0 aliphatic heterocycles. The number of allylic oxidation sites excluding steroid dienone is 2. The molecule has 224 valence electrons. The number of nitrogens with zero attached hydrogens (tertiary/aromatic N) is 1. The summed E-state index contributed by atoms with van der Waals surface area (Å²) in [4.78, 5) is 25.7. The lowest BCUT2D eigenvalue weighted by atomic mass is 9.95. The summed E-state index contributed by atoms with van der Waals surface area (Å²) >= 11 is 0. The number of Topliss-reactive ketones (excluding diaryl/α,β-unsaturated/α-hetero) is 1. The lowest BCUT2D eigenvalue weighted by Gasteiger charge is -2.24. The van der Waals surface area contributed by atoms with Gasteiger partial charge in [-0.3, -0.25) is 14.5 Å². The zero-order valence-corrected chi connectivity index (χ0v) is 25.0. The average molecular weight is 542 g/mol. The quantitative estimate of drug-likeness (QED) is 0.0613. The molecule has 0 saturated carbocycles. The van der Waals surface area contributed by atoms with Crippen LogP contribution < -0.4 is 11.5 Å². The second kappa shape index (κ2) is 22.5. The van der Waals surface area contributed by atoms with Gasteiger partial charge in [-0.1, -0.05) is 50.7 Å². The largest absolute Gasteiger partial charge is 0.464 e. The van der Waals surface area contributed by atoms with Gasteiger partial charge < -0.3 is 26.0 Å². The van der Waals surface area contributed by atoms with Crippen molar-refractivity contribution in [3.63, 3.8) is 0 Å². The third-order valence-corrected chi connectivity index (χ3v) is 6.38. The molecular formula is C30H59N3O5. The van der Waals surface area contributed by atoms with E-state index in [9.17, 15) is 14.7 Å². The first-order chi connectivity index (χ1) is 18.0. The zero-order valence-electron chi connectivity index (χ0n) is 25.0. The van der Waals surface area contributed by atoms with Crippen molar-refractivity contribution in [1.29, 1.82) is 0 Å². The number of hydrogen-bond donors (Lipinski definition) is 3. The Balaban J connectivity index is 3.55. The summed E-state index contributed by atoms with van der Waals surface area (Å²) in [6.07, 6.45) is 19.0. The molecule has 0 amide bonds. The Bertz CT molecular complexity index is 626. The van der Waals surface area contributed by atoms with Crippen molar-refractivity contribution in [1.82, 2.24) is 4.90 Å². The van der Waals surface area contributed by atoms with E-state index in [1.165, 1.54) is 32.1 Å². The first-order valence-electron chi connectivity index (χ1n) is 14.8. The summed E-state index contributed by atoms with van der Waals surface area (Å²) < 4.78 is 10.9. The minimum atomic E-state index is -0.691. The van der Waals surface area contributed by atoms with Crippen LogP contribution in [0, 0.1) is 0 Å². The van der Waals surface area contributed by atoms with Crippen molar-refractivity contribution in [2.45, 2.75) is 129 Å². The number of carbonyl (C=O) groups excluding carboxylic acids is 2. The lowest BCUT2D eigenvalue weighted by Crippen LogP contribution is -2.41. The molecule has 0 aromatic carbocycles. The molecule has 8 nitrogen and oxygen atoms in total. The molecule has 0 aromatic rings. The summed E-state index contributed by atoms with van der Waals surface area (Å²) in [6, 6.07) is 0. The van der Waals surface area contributed by atoms with Crippen molar-refractivity contribution in [2.75, 3.05) is 39.5 Å². The number of nitrogens with two attached hydrogens (primary N) is 2. The maximum atomic E-state index is 12.0. The molecule has 0 fully saturated rings. The summed E-state index contributed by atoms with van der Waals surface area (Å²) in [5, 5.41) is 9.21. The number of ketones is 1. The van der Waals surface area contributed by atoms with Crippen LogP contribution in [0.5, 0.6) is 0 Å². The first-order valence-corrected chi connectivity index (χ1v) is 14.8. The van der Waals surface area contributed by atoms with Crippen LogP contribution >= 0.6 is 0 Å². The third kappa shape index (κ3) is 25.0. The van der Waals surface area contributed by atoms with E-state index in [1.807, 2.05) is 4.90 Å². The average Bonchev–Trinajstić information content (AvgIpc) is 2.82. The van der Waals surface area contributed by atoms with E-state index in [0.717, 1.165) is 44.9 Å². The Morgan fingerprint density at radius 2 is 1.24 bits per heavy atom. The molecule has 5 N–H and O–H groups in total. The van der Waals surface area contributed by atoms with E-state index in [1.54, 1.807) is 27.7 Å². The number of unbranched alkanes of at least 4 members (excludes halogenated alkanes) is 10. The predicted octanol–water partition coefficient (Wildman–Crippen LogP) is 4.86. The Kier molecular flexibility index (Phi) is 21.7. The van der Waals surface area contributed by atoms with Gasteiger partial charge >= 0.3 is 5.97 Å². The highest BCUT2D eigenvalue weighted by atomic mass is 16.5. The topological polar surface area (TPSA) is 128 Å². The second-order valence-electron chi connectivity index (χ2n) is 11.5. The molecule has 0 heterocycles. The third-order valence-electron chi connectivity index (χ3n) is 6.38. The molecule has 0 radical (unpaired) electrons. The van der Waals surface area contributed by atoms with Crippen LogP contribution in [-0.2, 0) is 19.1 Å². The highest BCUT2D eigenvalue weighted by molar-refractivity contribution is 5.87. The number of hydrogen-bond acceptors (Lipinski definition) is 8. The van der Waals surface area contributed by atoms with Gasteiger partial charge in [-0.05, 0) is 66.2 Å². The van der Waals surface area contributed by atoms with E-state index < -0.39 is 11.3 Å². The van der Waals surface area contributed by atoms with Crippen molar-refractivity contribution >= 4 is 11.8 Å². The standard InChI is InChI=1S/C30H59N3O5/c1-29(2,31)27(35)19-17-15-13-11-9-7-5-6-8-10-12-14-16-18-20-28(36)37-25-22-33(21-24-34)23-26-38-30(3,4)32/h5-6,34H,7-26,31-32H2,1-4H3/b6-5+. The Morgan fingerprint density at radius 1 is 0.737 bits per heavy atom. The maximum absolute atomic E-state index is 12.0. The van der Waals surface area contributed by atoms with Gasteiger partial charge in [0, 0.05) is 32.5 Å². The predicted molar refractivity (Wildman–Crippen MR) is 156 cm³/mol. The fourth-order valence-corrected chi connectivity index (χ4v) is 3.97. The fourth-order valence-electron chi connectivity index (χ4n) is 3.97. The number of ether oxygens (including phenoxy) is 2. The summed E-state index contributed by atoms with van der Waals surface area (Å²) in [7, 11) is 0. The summed E-state index contributed by atoms with van der Waals surface area (Å²) in [6.45, 7) is 9.72. The molecule has 0 aliphatic rings. The molecule has 0 spiro atoms. The maximum Gasteiger partial charge on any atom is 0.305 e. The number of carbonyl (C=O) groups is 2. The molecule has 0 unspecified atom stereocenters. The molecule has 8 heteroatoms. The lowest BCUT2D eigenvalue weighted by molar-refractivity contribution is -0.144. The number of rotatable bonds is 26. The minimum absolute atomic E-state index is 0.0514. The number of esters is 1. The fraction of sp³-hybridized carbons (Fsp3) is 0.867. The van der Waals surface area contributed by atoms with Gasteiger partial charge in [0.25, 0.3) is 0 Å². The van der Waals surface area contributed by atoms with Gasteiger partial charge in [-0.25, -0.2) is 0 Å². The second-order valence-corrected chi connectivity index (χ2v) is 11.5.